The molecule has 0 amide bonds. The van der Waals surface area contributed by atoms with Crippen LogP contribution in [-0.2, 0) is 11.8 Å². The average molecular weight is 403 g/mol. The van der Waals surface area contributed by atoms with E-state index in [0.29, 0.717) is 18.8 Å². The molecule has 2 aromatic carbocycles. The third-order valence-electron chi connectivity index (χ3n) is 5.37. The van der Waals surface area contributed by atoms with Gasteiger partial charge in [0.15, 0.2) is 5.82 Å². The molecule has 30 heavy (non-hydrogen) atoms. The van der Waals surface area contributed by atoms with E-state index in [2.05, 4.69) is 51.7 Å². The van der Waals surface area contributed by atoms with Crippen LogP contribution >= 0.6 is 0 Å². The lowest BCUT2D eigenvalue weighted by atomic mass is 9.83. The van der Waals surface area contributed by atoms with Crippen LogP contribution in [0.2, 0.25) is 0 Å². The Labute approximate surface area is 175 Å². The third kappa shape index (κ3) is 4.11. The highest BCUT2D eigenvalue weighted by atomic mass is 16.2. The minimum atomic E-state index is -0.102. The van der Waals surface area contributed by atoms with Crippen LogP contribution in [0.25, 0.3) is 22.2 Å². The van der Waals surface area contributed by atoms with Gasteiger partial charge in [0.25, 0.3) is 0 Å². The molecular formula is C23H26N6O. The number of nitrogens with one attached hydrogen (secondary N) is 2. The van der Waals surface area contributed by atoms with Crippen molar-refractivity contribution in [2.45, 2.75) is 25.7 Å². The Morgan fingerprint density at radius 2 is 1.93 bits per heavy atom. The molecule has 0 saturated carbocycles. The quantitative estimate of drug-likeness (QED) is 0.376. The molecule has 0 atom stereocenters. The van der Waals surface area contributed by atoms with Crippen molar-refractivity contribution < 1.29 is 5.11 Å². The Bertz CT molecular complexity index is 1150. The van der Waals surface area contributed by atoms with E-state index in [1.54, 1.807) is 0 Å². The normalized spacial score (nSPS) is 11.7. The van der Waals surface area contributed by atoms with E-state index in [9.17, 15) is 5.11 Å². The molecule has 0 fully saturated rings. The van der Waals surface area contributed by atoms with E-state index in [4.69, 9.17) is 5.73 Å². The van der Waals surface area contributed by atoms with Crippen LogP contribution < -0.4 is 11.1 Å². The van der Waals surface area contributed by atoms with Crippen molar-refractivity contribution in [2.75, 3.05) is 24.2 Å². The van der Waals surface area contributed by atoms with E-state index in [1.165, 1.54) is 5.56 Å². The predicted octanol–water partition coefficient (Wildman–Crippen LogP) is 3.53. The summed E-state index contributed by atoms with van der Waals surface area (Å²) >= 11 is 0. The number of H-pyrrole nitrogens is 1. The summed E-state index contributed by atoms with van der Waals surface area (Å²) in [5.41, 5.74) is 10.8. The number of aliphatic hydroxyl groups excluding tert-OH is 1. The van der Waals surface area contributed by atoms with Gasteiger partial charge in [-0.05, 0) is 41.8 Å². The Hall–Kier alpha value is -3.45. The minimum absolute atomic E-state index is 0.102. The molecule has 0 spiro atoms. The van der Waals surface area contributed by atoms with Crippen molar-refractivity contribution in [3.8, 4) is 11.3 Å². The number of aromatic amines is 1. The molecule has 154 valence electrons. The number of benzene rings is 2. The van der Waals surface area contributed by atoms with Crippen LogP contribution in [0.1, 0.15) is 25.0 Å². The molecule has 0 unspecified atom stereocenters. The number of nitrogen functional groups attached to an aromatic ring is 1. The molecule has 7 nitrogen and oxygen atoms in total. The molecule has 5 N–H and O–H groups in total. The summed E-state index contributed by atoms with van der Waals surface area (Å²) in [6, 6.07) is 18.1. The van der Waals surface area contributed by atoms with Crippen molar-refractivity contribution in [2.24, 2.45) is 0 Å². The minimum Gasteiger partial charge on any atom is -0.396 e. The van der Waals surface area contributed by atoms with E-state index >= 15 is 0 Å². The van der Waals surface area contributed by atoms with Crippen LogP contribution in [0.5, 0.6) is 0 Å². The average Bonchev–Trinajstić information content (AvgIpc) is 3.13. The molecule has 0 bridgehead atoms. The lowest BCUT2D eigenvalue weighted by Crippen LogP contribution is -2.28. The number of nitrogens with two attached hydrogens (primary N) is 1. The second-order valence-corrected chi connectivity index (χ2v) is 8.08. The highest BCUT2D eigenvalue weighted by molar-refractivity contribution is 5.91. The van der Waals surface area contributed by atoms with Gasteiger partial charge in [0.05, 0.1) is 11.2 Å². The molecule has 0 aliphatic rings. The Kier molecular flexibility index (Phi) is 5.37. The molecule has 2 aromatic heterocycles. The lowest BCUT2D eigenvalue weighted by molar-refractivity contribution is 0.299. The monoisotopic (exact) mass is 402 g/mol. The summed E-state index contributed by atoms with van der Waals surface area (Å²) in [5.74, 6) is 1.20. The molecule has 2 heterocycles. The molecule has 4 aromatic rings. The van der Waals surface area contributed by atoms with Gasteiger partial charge < -0.3 is 16.2 Å². The zero-order valence-electron chi connectivity index (χ0n) is 17.2. The second-order valence-electron chi connectivity index (χ2n) is 8.08. The van der Waals surface area contributed by atoms with Gasteiger partial charge in [-0.15, -0.1) is 10.2 Å². The van der Waals surface area contributed by atoms with Crippen LogP contribution in [0.4, 0.5) is 11.6 Å². The molecule has 0 radical (unpaired) electrons. The maximum Gasteiger partial charge on any atom is 0.153 e. The summed E-state index contributed by atoms with van der Waals surface area (Å²) in [6.07, 6.45) is 0.667. The topological polar surface area (TPSA) is 113 Å². The highest BCUT2D eigenvalue weighted by Gasteiger charge is 2.21. The fourth-order valence-corrected chi connectivity index (χ4v) is 3.46. The first kappa shape index (κ1) is 19.8. The number of fused-ring (bicyclic) bond motifs is 1. The van der Waals surface area contributed by atoms with Gasteiger partial charge in [0, 0.05) is 29.5 Å². The van der Waals surface area contributed by atoms with E-state index in [0.717, 1.165) is 33.5 Å². The second kappa shape index (κ2) is 8.12. The van der Waals surface area contributed by atoms with Crippen LogP contribution in [0.15, 0.2) is 54.6 Å². The van der Waals surface area contributed by atoms with Gasteiger partial charge >= 0.3 is 0 Å². The van der Waals surface area contributed by atoms with Crippen molar-refractivity contribution >= 4 is 22.5 Å². The van der Waals surface area contributed by atoms with Crippen molar-refractivity contribution in [3.05, 3.63) is 65.7 Å². The molecule has 4 rings (SSSR count). The summed E-state index contributed by atoms with van der Waals surface area (Å²) < 4.78 is 0. The van der Waals surface area contributed by atoms with Crippen molar-refractivity contribution in [1.29, 1.82) is 0 Å². The number of rotatable bonds is 7. The van der Waals surface area contributed by atoms with Crippen molar-refractivity contribution in [3.63, 3.8) is 0 Å². The molecule has 7 heteroatoms. The molecular weight excluding hydrogens is 376 g/mol. The Morgan fingerprint density at radius 1 is 1.07 bits per heavy atom. The summed E-state index contributed by atoms with van der Waals surface area (Å²) in [5, 5.41) is 29.1. The lowest BCUT2D eigenvalue weighted by Gasteiger charge is -2.26. The van der Waals surface area contributed by atoms with Gasteiger partial charge in [-0.3, -0.25) is 5.10 Å². The zero-order valence-corrected chi connectivity index (χ0v) is 17.2. The van der Waals surface area contributed by atoms with Gasteiger partial charge in [-0.1, -0.05) is 44.2 Å². The largest absolute Gasteiger partial charge is 0.396 e. The Balaban J connectivity index is 1.46. The molecule has 0 saturated heterocycles. The first-order chi connectivity index (χ1) is 14.5. The van der Waals surface area contributed by atoms with Crippen LogP contribution in [0.3, 0.4) is 0 Å². The van der Waals surface area contributed by atoms with Gasteiger partial charge in [0.1, 0.15) is 5.82 Å². The summed E-state index contributed by atoms with van der Waals surface area (Å²) in [4.78, 5) is 0. The van der Waals surface area contributed by atoms with Crippen LogP contribution in [0, 0.1) is 0 Å². The summed E-state index contributed by atoms with van der Waals surface area (Å²) in [6.45, 7) is 5.24. The number of aliphatic hydroxyl groups is 1. The number of aromatic nitrogens is 4. The van der Waals surface area contributed by atoms with Gasteiger partial charge in [0.2, 0.25) is 0 Å². The van der Waals surface area contributed by atoms with E-state index in [-0.39, 0.29) is 12.0 Å². The Morgan fingerprint density at radius 3 is 2.70 bits per heavy atom. The molecule has 0 aliphatic heterocycles. The smallest absolute Gasteiger partial charge is 0.153 e. The van der Waals surface area contributed by atoms with Crippen molar-refractivity contribution in [1.82, 2.24) is 20.4 Å². The maximum atomic E-state index is 9.19. The number of hydrogen-bond donors (Lipinski definition) is 4. The van der Waals surface area contributed by atoms with Gasteiger partial charge in [-0.2, -0.15) is 5.10 Å². The predicted molar refractivity (Wildman–Crippen MR) is 120 cm³/mol. The molecule has 0 aliphatic carbocycles. The first-order valence-electron chi connectivity index (χ1n) is 9.98. The number of hydrogen-bond acceptors (Lipinski definition) is 6. The third-order valence-corrected chi connectivity index (χ3v) is 5.37. The standard InChI is InChI=1S/C23H26N6O/c1-23(2,17-5-3-4-15(12-17)10-11-30)14-25-21-9-8-19(26-28-21)16-6-7-20-18(13-16)22(24)29-27-20/h3-9,12-13,30H,10-11,14H2,1-2H3,(H,25,28)(H3,24,27,29). The van der Waals surface area contributed by atoms with Gasteiger partial charge in [-0.25, -0.2) is 0 Å². The first-order valence-corrected chi connectivity index (χ1v) is 9.98. The highest BCUT2D eigenvalue weighted by Crippen LogP contribution is 2.27. The zero-order chi connectivity index (χ0) is 21.1. The summed E-state index contributed by atoms with van der Waals surface area (Å²) in [7, 11) is 0. The van der Waals surface area contributed by atoms with E-state index < -0.39 is 0 Å². The fraction of sp³-hybridized carbons (Fsp3) is 0.261. The number of anilines is 2. The SMILES string of the molecule is CC(C)(CNc1ccc(-c2ccc3[nH]nc(N)c3c2)nn1)c1cccc(CCO)c1. The maximum absolute atomic E-state index is 9.19. The fourth-order valence-electron chi connectivity index (χ4n) is 3.46. The van der Waals surface area contributed by atoms with Crippen LogP contribution in [-0.4, -0.2) is 38.7 Å². The van der Waals surface area contributed by atoms with E-state index in [1.807, 2.05) is 42.5 Å². The number of nitrogens with zero attached hydrogens (tertiary/aromatic N) is 3.